The normalized spacial score (nSPS) is 18.6. The summed E-state index contributed by atoms with van der Waals surface area (Å²) in [5, 5.41) is 0. The molecule has 1 aliphatic rings. The molecule has 0 amide bonds. The third kappa shape index (κ3) is 2.36. The Morgan fingerprint density at radius 2 is 2.12 bits per heavy atom. The average Bonchev–Trinajstić information content (AvgIpc) is 2.84. The van der Waals surface area contributed by atoms with Crippen molar-refractivity contribution >= 4 is 0 Å². The highest BCUT2D eigenvalue weighted by Gasteiger charge is 2.22. The molecule has 1 unspecified atom stereocenters. The fraction of sp³-hybridized carbons (Fsp3) is 0.538. The summed E-state index contributed by atoms with van der Waals surface area (Å²) >= 11 is 0. The third-order valence-corrected chi connectivity index (χ3v) is 3.28. The summed E-state index contributed by atoms with van der Waals surface area (Å²) < 4.78 is 5.25. The van der Waals surface area contributed by atoms with Crippen LogP contribution in [0.4, 0.5) is 0 Å². The van der Waals surface area contributed by atoms with E-state index >= 15 is 0 Å². The van der Waals surface area contributed by atoms with Gasteiger partial charge in [-0.15, -0.1) is 0 Å². The lowest BCUT2D eigenvalue weighted by Gasteiger charge is -2.26. The Bertz CT molecular complexity index is 334. The fourth-order valence-electron chi connectivity index (χ4n) is 2.40. The van der Waals surface area contributed by atoms with E-state index in [1.807, 2.05) is 12.1 Å². The summed E-state index contributed by atoms with van der Waals surface area (Å²) in [6, 6.07) is 8.58. The van der Waals surface area contributed by atoms with Crippen LogP contribution in [0.25, 0.3) is 0 Å². The van der Waals surface area contributed by atoms with Crippen LogP contribution in [0.2, 0.25) is 0 Å². The molecule has 1 atom stereocenters. The number of rotatable bonds is 4. The highest BCUT2D eigenvalue weighted by atomic mass is 16.5. The molecule has 0 bridgehead atoms. The van der Waals surface area contributed by atoms with Crippen LogP contribution >= 0.6 is 0 Å². The van der Waals surface area contributed by atoms with Crippen molar-refractivity contribution in [2.75, 3.05) is 26.7 Å². The maximum Gasteiger partial charge on any atom is 0.119 e. The molecule has 0 radical (unpaired) electrons. The van der Waals surface area contributed by atoms with E-state index in [0.717, 1.165) is 5.75 Å². The van der Waals surface area contributed by atoms with E-state index in [0.29, 0.717) is 12.6 Å². The smallest absolute Gasteiger partial charge is 0.119 e. The Morgan fingerprint density at radius 3 is 2.75 bits per heavy atom. The predicted octanol–water partition coefficient (Wildman–Crippen LogP) is 1.79. The summed E-state index contributed by atoms with van der Waals surface area (Å²) in [6.07, 6.45) is 2.58. The SMILES string of the molecule is COc1cccc(C(CN)N2CCCC2)c1. The van der Waals surface area contributed by atoms with Gasteiger partial charge in [0.25, 0.3) is 0 Å². The molecule has 1 aliphatic heterocycles. The van der Waals surface area contributed by atoms with Crippen LogP contribution in [0.15, 0.2) is 24.3 Å². The molecule has 0 saturated carbocycles. The van der Waals surface area contributed by atoms with Crippen LogP contribution in [0.5, 0.6) is 5.75 Å². The van der Waals surface area contributed by atoms with Crippen LogP contribution in [0.3, 0.4) is 0 Å². The summed E-state index contributed by atoms with van der Waals surface area (Å²) in [7, 11) is 1.70. The monoisotopic (exact) mass is 220 g/mol. The van der Waals surface area contributed by atoms with Gasteiger partial charge in [-0.25, -0.2) is 0 Å². The summed E-state index contributed by atoms with van der Waals surface area (Å²) in [5.41, 5.74) is 7.16. The molecule has 1 heterocycles. The van der Waals surface area contributed by atoms with Gasteiger partial charge in [-0.2, -0.15) is 0 Å². The molecular weight excluding hydrogens is 200 g/mol. The van der Waals surface area contributed by atoms with Gasteiger partial charge >= 0.3 is 0 Å². The minimum atomic E-state index is 0.345. The highest BCUT2D eigenvalue weighted by Crippen LogP contribution is 2.26. The van der Waals surface area contributed by atoms with Crippen LogP contribution in [-0.4, -0.2) is 31.6 Å². The second-order valence-corrected chi connectivity index (χ2v) is 4.27. The van der Waals surface area contributed by atoms with Crippen molar-refractivity contribution in [3.8, 4) is 5.75 Å². The molecule has 1 aromatic rings. The van der Waals surface area contributed by atoms with Crippen molar-refractivity contribution in [3.05, 3.63) is 29.8 Å². The highest BCUT2D eigenvalue weighted by molar-refractivity contribution is 5.30. The minimum Gasteiger partial charge on any atom is -0.497 e. The minimum absolute atomic E-state index is 0.345. The van der Waals surface area contributed by atoms with Gasteiger partial charge in [-0.05, 0) is 43.6 Å². The van der Waals surface area contributed by atoms with E-state index in [1.54, 1.807) is 7.11 Å². The number of nitrogens with zero attached hydrogens (tertiary/aromatic N) is 1. The van der Waals surface area contributed by atoms with E-state index in [-0.39, 0.29) is 0 Å². The van der Waals surface area contributed by atoms with E-state index in [9.17, 15) is 0 Å². The number of hydrogen-bond acceptors (Lipinski definition) is 3. The van der Waals surface area contributed by atoms with Gasteiger partial charge in [0.15, 0.2) is 0 Å². The van der Waals surface area contributed by atoms with Gasteiger partial charge in [-0.1, -0.05) is 12.1 Å². The lowest BCUT2D eigenvalue weighted by molar-refractivity contribution is 0.251. The van der Waals surface area contributed by atoms with Crippen molar-refractivity contribution in [2.24, 2.45) is 5.73 Å². The molecule has 1 aromatic carbocycles. The van der Waals surface area contributed by atoms with Crippen molar-refractivity contribution < 1.29 is 4.74 Å². The first kappa shape index (κ1) is 11.4. The maximum absolute atomic E-state index is 5.89. The van der Waals surface area contributed by atoms with Crippen LogP contribution in [0, 0.1) is 0 Å². The quantitative estimate of drug-likeness (QED) is 0.840. The topological polar surface area (TPSA) is 38.5 Å². The van der Waals surface area contributed by atoms with Gasteiger partial charge < -0.3 is 10.5 Å². The average molecular weight is 220 g/mol. The Hall–Kier alpha value is -1.06. The summed E-state index contributed by atoms with van der Waals surface area (Å²) in [4.78, 5) is 2.47. The molecule has 88 valence electrons. The van der Waals surface area contributed by atoms with Crippen molar-refractivity contribution in [2.45, 2.75) is 18.9 Å². The van der Waals surface area contributed by atoms with Gasteiger partial charge in [-0.3, -0.25) is 4.90 Å². The maximum atomic E-state index is 5.89. The fourth-order valence-corrected chi connectivity index (χ4v) is 2.40. The van der Waals surface area contributed by atoms with Crippen LogP contribution < -0.4 is 10.5 Å². The van der Waals surface area contributed by atoms with E-state index in [4.69, 9.17) is 10.5 Å². The molecule has 2 rings (SSSR count). The van der Waals surface area contributed by atoms with Gasteiger partial charge in [0.2, 0.25) is 0 Å². The molecule has 3 heteroatoms. The first-order valence-corrected chi connectivity index (χ1v) is 5.93. The van der Waals surface area contributed by atoms with Crippen molar-refractivity contribution in [1.82, 2.24) is 4.90 Å². The molecule has 3 nitrogen and oxygen atoms in total. The van der Waals surface area contributed by atoms with Crippen molar-refractivity contribution in [3.63, 3.8) is 0 Å². The van der Waals surface area contributed by atoms with E-state index < -0.39 is 0 Å². The third-order valence-electron chi connectivity index (χ3n) is 3.28. The number of methoxy groups -OCH3 is 1. The Balaban J connectivity index is 2.18. The number of hydrogen-bond donors (Lipinski definition) is 1. The molecule has 0 spiro atoms. The zero-order valence-corrected chi connectivity index (χ0v) is 9.86. The van der Waals surface area contributed by atoms with Crippen molar-refractivity contribution in [1.29, 1.82) is 0 Å². The van der Waals surface area contributed by atoms with E-state index in [2.05, 4.69) is 17.0 Å². The zero-order valence-electron chi connectivity index (χ0n) is 9.86. The first-order valence-electron chi connectivity index (χ1n) is 5.93. The standard InChI is InChI=1S/C13H20N2O/c1-16-12-6-4-5-11(9-12)13(10-14)15-7-2-3-8-15/h4-6,9,13H,2-3,7-8,10,14H2,1H3. The predicted molar refractivity (Wildman–Crippen MR) is 65.6 cm³/mol. The number of ether oxygens (including phenoxy) is 1. The second kappa shape index (κ2) is 5.32. The largest absolute Gasteiger partial charge is 0.497 e. The molecular formula is C13H20N2O. The molecule has 2 N–H and O–H groups in total. The Labute approximate surface area is 97.2 Å². The number of benzene rings is 1. The molecule has 0 aromatic heterocycles. The number of nitrogens with two attached hydrogens (primary N) is 1. The Kier molecular flexibility index (Phi) is 3.80. The van der Waals surface area contributed by atoms with Gasteiger partial charge in [0, 0.05) is 12.6 Å². The lowest BCUT2D eigenvalue weighted by Crippen LogP contribution is -2.31. The van der Waals surface area contributed by atoms with E-state index in [1.165, 1.54) is 31.5 Å². The van der Waals surface area contributed by atoms with Crippen LogP contribution in [-0.2, 0) is 0 Å². The lowest BCUT2D eigenvalue weighted by atomic mass is 10.1. The molecule has 1 saturated heterocycles. The molecule has 16 heavy (non-hydrogen) atoms. The summed E-state index contributed by atoms with van der Waals surface area (Å²) in [6.45, 7) is 3.01. The van der Waals surface area contributed by atoms with Crippen LogP contribution in [0.1, 0.15) is 24.4 Å². The first-order chi connectivity index (χ1) is 7.85. The molecule has 1 fully saturated rings. The second-order valence-electron chi connectivity index (χ2n) is 4.27. The summed E-state index contributed by atoms with van der Waals surface area (Å²) in [5.74, 6) is 0.912. The van der Waals surface area contributed by atoms with Gasteiger partial charge in [0.1, 0.15) is 5.75 Å². The number of likely N-dealkylation sites (tertiary alicyclic amines) is 1. The zero-order chi connectivity index (χ0) is 11.4. The van der Waals surface area contributed by atoms with Gasteiger partial charge in [0.05, 0.1) is 7.11 Å². The Morgan fingerprint density at radius 1 is 1.38 bits per heavy atom. The molecule has 0 aliphatic carbocycles.